The lowest BCUT2D eigenvalue weighted by molar-refractivity contribution is -0.133. The molecule has 2 heterocycles. The number of amides is 2. The maximum absolute atomic E-state index is 13.6. The molecular formula is C21H21FN4O2S. The molecule has 0 unspecified atom stereocenters. The van der Waals surface area contributed by atoms with Gasteiger partial charge in [0.2, 0.25) is 11.8 Å². The van der Waals surface area contributed by atoms with Crippen LogP contribution in [0.5, 0.6) is 0 Å². The van der Waals surface area contributed by atoms with Crippen LogP contribution in [-0.4, -0.2) is 47.3 Å². The minimum absolute atomic E-state index is 0.0319. The van der Waals surface area contributed by atoms with Gasteiger partial charge in [-0.1, -0.05) is 24.3 Å². The van der Waals surface area contributed by atoms with Gasteiger partial charge in [0.15, 0.2) is 0 Å². The minimum atomic E-state index is -0.488. The van der Waals surface area contributed by atoms with E-state index in [9.17, 15) is 14.0 Å². The molecule has 8 heteroatoms. The smallest absolute Gasteiger partial charge is 0.224 e. The first-order valence-electron chi connectivity index (χ1n) is 9.53. The number of hydrogen-bond donors (Lipinski definition) is 1. The lowest BCUT2D eigenvalue weighted by Gasteiger charge is -2.35. The first-order valence-corrected chi connectivity index (χ1v) is 10.3. The van der Waals surface area contributed by atoms with Gasteiger partial charge in [-0.2, -0.15) is 4.37 Å². The highest BCUT2D eigenvalue weighted by Crippen LogP contribution is 2.29. The van der Waals surface area contributed by atoms with Gasteiger partial charge in [0.25, 0.3) is 0 Å². The summed E-state index contributed by atoms with van der Waals surface area (Å²) >= 11 is 1.48. The normalized spacial score (nSPS) is 14.2. The number of para-hydroxylation sites is 1. The maximum atomic E-state index is 13.6. The molecule has 0 bridgehead atoms. The average Bonchev–Trinajstić information content (AvgIpc) is 3.18. The molecule has 1 aromatic heterocycles. The zero-order valence-electron chi connectivity index (χ0n) is 15.8. The monoisotopic (exact) mass is 412 g/mol. The zero-order chi connectivity index (χ0) is 20.2. The molecule has 3 aromatic rings. The van der Waals surface area contributed by atoms with E-state index < -0.39 is 5.82 Å². The van der Waals surface area contributed by atoms with E-state index in [0.717, 1.165) is 15.9 Å². The molecule has 1 aliphatic rings. The summed E-state index contributed by atoms with van der Waals surface area (Å²) in [6, 6.07) is 14.1. The standard InChI is InChI=1S/C21H21FN4O2S/c22-16-6-2-3-7-17(16)23-19(27)9-10-20(28)25-11-13-26(14-12-25)21-15-5-1-4-8-18(15)29-24-21/h1-8H,9-14H2,(H,23,27). The summed E-state index contributed by atoms with van der Waals surface area (Å²) < 4.78 is 19.3. The molecule has 0 atom stereocenters. The molecule has 2 amide bonds. The third-order valence-corrected chi connectivity index (χ3v) is 5.82. The molecule has 6 nitrogen and oxygen atoms in total. The van der Waals surface area contributed by atoms with Gasteiger partial charge in [-0.05, 0) is 35.8 Å². The van der Waals surface area contributed by atoms with Gasteiger partial charge < -0.3 is 15.1 Å². The topological polar surface area (TPSA) is 65.5 Å². The SMILES string of the molecule is O=C(CCC(=O)N1CCN(c2nsc3ccccc23)CC1)Nc1ccccc1F. The third kappa shape index (κ3) is 4.37. The fourth-order valence-electron chi connectivity index (χ4n) is 3.42. The number of benzene rings is 2. The van der Waals surface area contributed by atoms with Crippen molar-refractivity contribution in [1.82, 2.24) is 9.27 Å². The molecule has 4 rings (SSSR count). The minimum Gasteiger partial charge on any atom is -0.352 e. The summed E-state index contributed by atoms with van der Waals surface area (Å²) in [5.74, 6) is 0.0623. The van der Waals surface area contributed by atoms with Crippen molar-refractivity contribution in [3.63, 3.8) is 0 Å². The molecular weight excluding hydrogens is 391 g/mol. The van der Waals surface area contributed by atoms with Crippen molar-refractivity contribution in [2.24, 2.45) is 0 Å². The average molecular weight is 412 g/mol. The number of anilines is 2. The second kappa shape index (κ2) is 8.57. The van der Waals surface area contributed by atoms with Crippen LogP contribution in [0.2, 0.25) is 0 Å². The van der Waals surface area contributed by atoms with E-state index in [1.165, 1.54) is 23.7 Å². The Morgan fingerprint density at radius 1 is 1.00 bits per heavy atom. The predicted molar refractivity (Wildman–Crippen MR) is 113 cm³/mol. The Kier molecular flexibility index (Phi) is 5.71. The van der Waals surface area contributed by atoms with E-state index >= 15 is 0 Å². The number of hydrogen-bond acceptors (Lipinski definition) is 5. The Morgan fingerprint density at radius 3 is 2.52 bits per heavy atom. The van der Waals surface area contributed by atoms with Crippen molar-refractivity contribution in [1.29, 1.82) is 0 Å². The van der Waals surface area contributed by atoms with E-state index in [1.807, 2.05) is 12.1 Å². The van der Waals surface area contributed by atoms with E-state index in [1.54, 1.807) is 17.0 Å². The van der Waals surface area contributed by atoms with Crippen LogP contribution in [0.1, 0.15) is 12.8 Å². The molecule has 1 fully saturated rings. The molecule has 0 saturated carbocycles. The lowest BCUT2D eigenvalue weighted by Crippen LogP contribution is -2.49. The number of rotatable bonds is 5. The molecule has 0 spiro atoms. The fraction of sp³-hybridized carbons (Fsp3) is 0.286. The molecule has 0 aliphatic carbocycles. The van der Waals surface area contributed by atoms with Crippen molar-refractivity contribution >= 4 is 44.9 Å². The Bertz CT molecular complexity index is 1030. The van der Waals surface area contributed by atoms with Gasteiger partial charge in [0, 0.05) is 44.4 Å². The van der Waals surface area contributed by atoms with Crippen LogP contribution in [0.3, 0.4) is 0 Å². The van der Waals surface area contributed by atoms with Gasteiger partial charge in [-0.3, -0.25) is 9.59 Å². The summed E-state index contributed by atoms with van der Waals surface area (Å²) in [4.78, 5) is 28.5. The van der Waals surface area contributed by atoms with Crippen LogP contribution >= 0.6 is 11.5 Å². The number of carbonyl (C=O) groups excluding carboxylic acids is 2. The van der Waals surface area contributed by atoms with Gasteiger partial charge in [-0.15, -0.1) is 0 Å². The van der Waals surface area contributed by atoms with E-state index in [4.69, 9.17) is 0 Å². The summed E-state index contributed by atoms with van der Waals surface area (Å²) in [7, 11) is 0. The van der Waals surface area contributed by atoms with Crippen LogP contribution in [0, 0.1) is 5.82 Å². The van der Waals surface area contributed by atoms with Gasteiger partial charge >= 0.3 is 0 Å². The number of carbonyl (C=O) groups is 2. The van der Waals surface area contributed by atoms with Crippen LogP contribution in [0.25, 0.3) is 10.1 Å². The van der Waals surface area contributed by atoms with Crippen LogP contribution in [0.15, 0.2) is 48.5 Å². The first kappa shape index (κ1) is 19.3. The highest BCUT2D eigenvalue weighted by molar-refractivity contribution is 7.13. The number of fused-ring (bicyclic) bond motifs is 1. The van der Waals surface area contributed by atoms with E-state index in [0.29, 0.717) is 26.2 Å². The van der Waals surface area contributed by atoms with Crippen LogP contribution < -0.4 is 10.2 Å². The largest absolute Gasteiger partial charge is 0.352 e. The quantitative estimate of drug-likeness (QED) is 0.697. The van der Waals surface area contributed by atoms with Gasteiger partial charge in [0.05, 0.1) is 10.4 Å². The number of aromatic nitrogens is 1. The number of halogens is 1. The zero-order valence-corrected chi connectivity index (χ0v) is 16.6. The molecule has 1 saturated heterocycles. The van der Waals surface area contributed by atoms with E-state index in [2.05, 4.69) is 26.7 Å². The maximum Gasteiger partial charge on any atom is 0.224 e. The Balaban J connectivity index is 1.27. The molecule has 150 valence electrons. The second-order valence-corrected chi connectivity index (χ2v) is 7.70. The van der Waals surface area contributed by atoms with Crippen LogP contribution in [-0.2, 0) is 9.59 Å². The third-order valence-electron chi connectivity index (χ3n) is 5.00. The summed E-state index contributed by atoms with van der Waals surface area (Å²) in [6.45, 7) is 2.61. The Hall–Kier alpha value is -3.00. The highest BCUT2D eigenvalue weighted by Gasteiger charge is 2.24. The van der Waals surface area contributed by atoms with Crippen molar-refractivity contribution in [3.05, 3.63) is 54.3 Å². The second-order valence-electron chi connectivity index (χ2n) is 6.90. The Morgan fingerprint density at radius 2 is 1.72 bits per heavy atom. The van der Waals surface area contributed by atoms with Crippen molar-refractivity contribution in [2.45, 2.75) is 12.8 Å². The lowest BCUT2D eigenvalue weighted by atomic mass is 10.2. The first-order chi connectivity index (χ1) is 14.1. The number of nitrogens with one attached hydrogen (secondary N) is 1. The Labute approximate surface area is 172 Å². The summed E-state index contributed by atoms with van der Waals surface area (Å²) in [5.41, 5.74) is 0.133. The van der Waals surface area contributed by atoms with E-state index in [-0.39, 0.29) is 30.3 Å². The summed E-state index contributed by atoms with van der Waals surface area (Å²) in [6.07, 6.45) is 0.143. The number of nitrogens with zero attached hydrogens (tertiary/aromatic N) is 3. The van der Waals surface area contributed by atoms with Crippen molar-refractivity contribution in [3.8, 4) is 0 Å². The van der Waals surface area contributed by atoms with Gasteiger partial charge in [-0.25, -0.2) is 4.39 Å². The molecule has 2 aromatic carbocycles. The highest BCUT2D eigenvalue weighted by atomic mass is 32.1. The van der Waals surface area contributed by atoms with Crippen molar-refractivity contribution < 1.29 is 14.0 Å². The molecule has 1 N–H and O–H groups in total. The number of piperazine rings is 1. The van der Waals surface area contributed by atoms with Gasteiger partial charge in [0.1, 0.15) is 11.6 Å². The van der Waals surface area contributed by atoms with Crippen molar-refractivity contribution in [2.75, 3.05) is 36.4 Å². The summed E-state index contributed by atoms with van der Waals surface area (Å²) in [5, 5.41) is 3.65. The molecule has 0 radical (unpaired) electrons. The molecule has 29 heavy (non-hydrogen) atoms. The fourth-order valence-corrected chi connectivity index (χ4v) is 4.22. The predicted octanol–water partition coefficient (Wildman–Crippen LogP) is 3.50. The molecule has 1 aliphatic heterocycles. The van der Waals surface area contributed by atoms with Crippen LogP contribution in [0.4, 0.5) is 15.9 Å².